The number of anilines is 1. The van der Waals surface area contributed by atoms with Gasteiger partial charge in [0.15, 0.2) is 0 Å². The van der Waals surface area contributed by atoms with Crippen LogP contribution in [0, 0.1) is 0 Å². The predicted molar refractivity (Wildman–Crippen MR) is 86.9 cm³/mol. The van der Waals surface area contributed by atoms with E-state index in [2.05, 4.69) is 21.2 Å². The highest BCUT2D eigenvalue weighted by atomic mass is 35.5. The number of hydrogen-bond donors (Lipinski definition) is 1. The number of nitrogens with one attached hydrogen (secondary N) is 1. The highest BCUT2D eigenvalue weighted by molar-refractivity contribution is 6.33. The van der Waals surface area contributed by atoms with Crippen molar-refractivity contribution in [1.29, 1.82) is 0 Å². The predicted octanol–water partition coefficient (Wildman–Crippen LogP) is 2.64. The molecule has 1 N–H and O–H groups in total. The number of aromatic amines is 1. The van der Waals surface area contributed by atoms with Crippen LogP contribution in [0.2, 0.25) is 5.02 Å². The first kappa shape index (κ1) is 14.9. The van der Waals surface area contributed by atoms with Crippen molar-refractivity contribution in [2.75, 3.05) is 18.6 Å². The summed E-state index contributed by atoms with van der Waals surface area (Å²) in [7, 11) is 1.68. The molecule has 1 aromatic carbocycles. The van der Waals surface area contributed by atoms with Gasteiger partial charge in [-0.25, -0.2) is 5.10 Å². The third-order valence-corrected chi connectivity index (χ3v) is 4.48. The van der Waals surface area contributed by atoms with Gasteiger partial charge in [-0.05, 0) is 30.9 Å². The van der Waals surface area contributed by atoms with Crippen LogP contribution in [0.25, 0.3) is 0 Å². The van der Waals surface area contributed by atoms with Crippen molar-refractivity contribution < 1.29 is 4.74 Å². The Morgan fingerprint density at radius 1 is 1.45 bits per heavy atom. The molecule has 1 saturated heterocycles. The monoisotopic (exact) mass is 319 g/mol. The van der Waals surface area contributed by atoms with E-state index in [9.17, 15) is 4.79 Å². The Kier molecular flexibility index (Phi) is 4.34. The number of ether oxygens (including phenoxy) is 1. The van der Waals surface area contributed by atoms with E-state index in [4.69, 9.17) is 16.3 Å². The van der Waals surface area contributed by atoms with Crippen LogP contribution in [0.4, 0.5) is 5.69 Å². The number of nitrogens with zero attached hydrogens (tertiary/aromatic N) is 2. The van der Waals surface area contributed by atoms with Crippen LogP contribution in [-0.2, 0) is 6.42 Å². The molecule has 1 atom stereocenters. The largest absolute Gasteiger partial charge is 0.496 e. The van der Waals surface area contributed by atoms with E-state index >= 15 is 0 Å². The zero-order chi connectivity index (χ0) is 15.5. The summed E-state index contributed by atoms with van der Waals surface area (Å²) < 4.78 is 5.43. The van der Waals surface area contributed by atoms with Crippen LogP contribution in [0.3, 0.4) is 0 Å². The Hall–Kier alpha value is -2.01. The second-order valence-corrected chi connectivity index (χ2v) is 5.78. The van der Waals surface area contributed by atoms with E-state index in [0.717, 1.165) is 37.1 Å². The van der Waals surface area contributed by atoms with Gasteiger partial charge in [0.25, 0.3) is 5.56 Å². The smallest absolute Gasteiger partial charge is 0.285 e. The van der Waals surface area contributed by atoms with Crippen molar-refractivity contribution in [3.8, 4) is 5.75 Å². The van der Waals surface area contributed by atoms with Crippen LogP contribution in [0.1, 0.15) is 18.4 Å². The van der Waals surface area contributed by atoms with Crippen molar-refractivity contribution >= 4 is 17.3 Å². The van der Waals surface area contributed by atoms with Crippen LogP contribution in [-0.4, -0.2) is 29.9 Å². The number of hydrogen-bond acceptors (Lipinski definition) is 4. The number of aromatic nitrogens is 2. The molecule has 1 fully saturated rings. The summed E-state index contributed by atoms with van der Waals surface area (Å²) in [6.45, 7) is 0.880. The first-order chi connectivity index (χ1) is 10.7. The zero-order valence-corrected chi connectivity index (χ0v) is 13.1. The SMILES string of the molecule is COc1ccccc1C[C@H]1CCCN1c1cn[nH]c(=O)c1Cl. The summed E-state index contributed by atoms with van der Waals surface area (Å²) in [5, 5.41) is 6.45. The number of para-hydroxylation sites is 1. The van der Waals surface area contributed by atoms with Gasteiger partial charge in [0.05, 0.1) is 19.0 Å². The van der Waals surface area contributed by atoms with Gasteiger partial charge >= 0.3 is 0 Å². The van der Waals surface area contributed by atoms with Gasteiger partial charge in [-0.15, -0.1) is 0 Å². The number of H-pyrrole nitrogens is 1. The van der Waals surface area contributed by atoms with Crippen molar-refractivity contribution in [3.63, 3.8) is 0 Å². The molecule has 6 heteroatoms. The quantitative estimate of drug-likeness (QED) is 0.941. The van der Waals surface area contributed by atoms with Gasteiger partial charge in [-0.2, -0.15) is 5.10 Å². The molecule has 1 aliphatic heterocycles. The Morgan fingerprint density at radius 3 is 3.09 bits per heavy atom. The van der Waals surface area contributed by atoms with E-state index in [1.807, 2.05) is 18.2 Å². The first-order valence-corrected chi connectivity index (χ1v) is 7.70. The van der Waals surface area contributed by atoms with E-state index in [1.54, 1.807) is 13.3 Å². The fourth-order valence-electron chi connectivity index (χ4n) is 3.06. The Balaban J connectivity index is 1.87. The molecule has 2 heterocycles. The molecule has 116 valence electrons. The van der Waals surface area contributed by atoms with Gasteiger partial charge in [-0.3, -0.25) is 4.79 Å². The van der Waals surface area contributed by atoms with Gasteiger partial charge in [0, 0.05) is 12.6 Å². The molecule has 0 unspecified atom stereocenters. The molecular weight excluding hydrogens is 302 g/mol. The van der Waals surface area contributed by atoms with Crippen LogP contribution in [0.15, 0.2) is 35.3 Å². The maximum atomic E-state index is 11.7. The molecule has 22 heavy (non-hydrogen) atoms. The van der Waals surface area contributed by atoms with Gasteiger partial charge in [0.2, 0.25) is 0 Å². The lowest BCUT2D eigenvalue weighted by Gasteiger charge is -2.27. The van der Waals surface area contributed by atoms with Crippen LogP contribution in [0.5, 0.6) is 5.75 Å². The van der Waals surface area contributed by atoms with E-state index in [1.165, 1.54) is 0 Å². The summed E-state index contributed by atoms with van der Waals surface area (Å²) in [6.07, 6.45) is 4.61. The summed E-state index contributed by atoms with van der Waals surface area (Å²) in [4.78, 5) is 13.8. The number of rotatable bonds is 4. The van der Waals surface area contributed by atoms with Gasteiger partial charge in [-0.1, -0.05) is 29.8 Å². The summed E-state index contributed by atoms with van der Waals surface area (Å²) >= 11 is 6.15. The third kappa shape index (κ3) is 2.81. The van der Waals surface area contributed by atoms with Crippen LogP contribution >= 0.6 is 11.6 Å². The molecule has 0 saturated carbocycles. The molecule has 3 rings (SSSR count). The molecule has 2 aromatic rings. The molecule has 5 nitrogen and oxygen atoms in total. The minimum absolute atomic E-state index is 0.210. The standard InChI is InChI=1S/C16H18ClN3O2/c1-22-14-7-3-2-5-11(14)9-12-6-4-8-20(12)13-10-18-19-16(21)15(13)17/h2-3,5,7,10,12H,4,6,8-9H2,1H3,(H,19,21)/t12-/m1/s1. The molecule has 1 aromatic heterocycles. The van der Waals surface area contributed by atoms with E-state index < -0.39 is 0 Å². The first-order valence-electron chi connectivity index (χ1n) is 7.32. The highest BCUT2D eigenvalue weighted by Gasteiger charge is 2.28. The van der Waals surface area contributed by atoms with Crippen molar-refractivity contribution in [1.82, 2.24) is 10.2 Å². The minimum Gasteiger partial charge on any atom is -0.496 e. The van der Waals surface area contributed by atoms with Gasteiger partial charge in [0.1, 0.15) is 10.8 Å². The zero-order valence-electron chi connectivity index (χ0n) is 12.4. The summed E-state index contributed by atoms with van der Waals surface area (Å²) in [5.74, 6) is 0.893. The highest BCUT2D eigenvalue weighted by Crippen LogP contribution is 2.32. The third-order valence-electron chi connectivity index (χ3n) is 4.11. The lowest BCUT2D eigenvalue weighted by molar-refractivity contribution is 0.408. The molecule has 0 aliphatic carbocycles. The second-order valence-electron chi connectivity index (χ2n) is 5.40. The maximum absolute atomic E-state index is 11.7. The Bertz CT molecular complexity index is 717. The van der Waals surface area contributed by atoms with E-state index in [-0.39, 0.29) is 16.6 Å². The fourth-order valence-corrected chi connectivity index (χ4v) is 3.26. The lowest BCUT2D eigenvalue weighted by atomic mass is 10.0. The number of methoxy groups -OCH3 is 1. The molecule has 0 bridgehead atoms. The number of benzene rings is 1. The lowest BCUT2D eigenvalue weighted by Crippen LogP contribution is -2.32. The molecule has 0 radical (unpaired) electrons. The van der Waals surface area contributed by atoms with Gasteiger partial charge < -0.3 is 9.64 Å². The van der Waals surface area contributed by atoms with Crippen molar-refractivity contribution in [2.24, 2.45) is 0 Å². The fraction of sp³-hybridized carbons (Fsp3) is 0.375. The van der Waals surface area contributed by atoms with Crippen LogP contribution < -0.4 is 15.2 Å². The molecule has 0 spiro atoms. The summed E-state index contributed by atoms with van der Waals surface area (Å²) in [6, 6.07) is 8.31. The number of halogens is 1. The Labute approximate surface area is 133 Å². The summed E-state index contributed by atoms with van der Waals surface area (Å²) in [5.41, 5.74) is 1.53. The second kappa shape index (κ2) is 6.40. The maximum Gasteiger partial charge on any atom is 0.285 e. The van der Waals surface area contributed by atoms with E-state index in [0.29, 0.717) is 5.69 Å². The molecule has 1 aliphatic rings. The Morgan fingerprint density at radius 2 is 2.27 bits per heavy atom. The van der Waals surface area contributed by atoms with Crippen molar-refractivity contribution in [3.05, 3.63) is 51.4 Å². The normalized spacial score (nSPS) is 17.7. The minimum atomic E-state index is -0.345. The van der Waals surface area contributed by atoms with Crippen molar-refractivity contribution in [2.45, 2.75) is 25.3 Å². The molecular formula is C16H18ClN3O2. The topological polar surface area (TPSA) is 58.2 Å². The average Bonchev–Trinajstić information content (AvgIpc) is 2.98. The average molecular weight is 320 g/mol. The molecule has 0 amide bonds.